The molecule has 90 valence electrons. The molecule has 3 aromatic rings. The highest BCUT2D eigenvalue weighted by Crippen LogP contribution is 2.31. The molecule has 1 aromatic heterocycles. The van der Waals surface area contributed by atoms with Crippen LogP contribution < -0.4 is 5.73 Å². The van der Waals surface area contributed by atoms with E-state index in [9.17, 15) is 0 Å². The number of benzene rings is 2. The summed E-state index contributed by atoms with van der Waals surface area (Å²) in [5, 5.41) is 4.06. The first-order valence-corrected chi connectivity index (χ1v) is 6.98. The molecule has 0 spiro atoms. The number of hydrogen-bond donors (Lipinski definition) is 1. The molecule has 0 radical (unpaired) electrons. The molecule has 0 amide bonds. The minimum atomic E-state index is -0.133. The number of fused-ring (bicyclic) bond motifs is 1. The molecule has 0 aliphatic carbocycles. The van der Waals surface area contributed by atoms with Crippen molar-refractivity contribution in [3.05, 3.63) is 70.1 Å². The first kappa shape index (κ1) is 11.7. The quantitative estimate of drug-likeness (QED) is 0.725. The van der Waals surface area contributed by atoms with Gasteiger partial charge in [0.15, 0.2) is 0 Å². The zero-order chi connectivity index (χ0) is 12.5. The molecular weight excluding hydrogens is 262 g/mol. The fraction of sp³-hybridized carbons (Fsp3) is 0.0667. The number of nitrogens with two attached hydrogens (primary N) is 1. The van der Waals surface area contributed by atoms with Crippen LogP contribution in [-0.4, -0.2) is 0 Å². The van der Waals surface area contributed by atoms with Gasteiger partial charge in [0.25, 0.3) is 0 Å². The molecule has 3 rings (SSSR count). The maximum atomic E-state index is 6.36. The summed E-state index contributed by atoms with van der Waals surface area (Å²) in [7, 11) is 0. The highest BCUT2D eigenvalue weighted by atomic mass is 35.5. The summed E-state index contributed by atoms with van der Waals surface area (Å²) in [5.74, 6) is 0. The van der Waals surface area contributed by atoms with Crippen LogP contribution in [0.1, 0.15) is 17.2 Å². The standard InChI is InChI=1S/C15H12ClNS/c16-12-5-1-4-11(9-12)14(17)13-6-2-3-10-7-8-18-15(10)13/h1-9,14H,17H2. The predicted octanol–water partition coefficient (Wildman–Crippen LogP) is 4.60. The Kier molecular flexibility index (Phi) is 3.08. The fourth-order valence-electron chi connectivity index (χ4n) is 2.14. The molecule has 2 aromatic carbocycles. The van der Waals surface area contributed by atoms with E-state index in [1.165, 1.54) is 10.1 Å². The summed E-state index contributed by atoms with van der Waals surface area (Å²) in [6.07, 6.45) is 0. The number of rotatable bonds is 2. The van der Waals surface area contributed by atoms with Crippen molar-refractivity contribution in [2.45, 2.75) is 6.04 Å². The van der Waals surface area contributed by atoms with Crippen molar-refractivity contribution < 1.29 is 0 Å². The number of halogens is 1. The molecule has 1 atom stereocenters. The van der Waals surface area contributed by atoms with Crippen molar-refractivity contribution in [3.8, 4) is 0 Å². The number of hydrogen-bond acceptors (Lipinski definition) is 2. The molecule has 1 heterocycles. The van der Waals surface area contributed by atoms with Crippen LogP contribution in [0.15, 0.2) is 53.9 Å². The minimum absolute atomic E-state index is 0.133. The van der Waals surface area contributed by atoms with Gasteiger partial charge in [0.2, 0.25) is 0 Å². The lowest BCUT2D eigenvalue weighted by atomic mass is 9.99. The molecule has 0 fully saturated rings. The van der Waals surface area contributed by atoms with Crippen molar-refractivity contribution in [2.24, 2.45) is 5.73 Å². The number of thiophene rings is 1. The van der Waals surface area contributed by atoms with Gasteiger partial charge in [0, 0.05) is 9.72 Å². The maximum Gasteiger partial charge on any atom is 0.0566 e. The minimum Gasteiger partial charge on any atom is -0.320 e. The highest BCUT2D eigenvalue weighted by Gasteiger charge is 2.12. The van der Waals surface area contributed by atoms with Gasteiger partial charge in [-0.15, -0.1) is 11.3 Å². The average Bonchev–Trinajstić information content (AvgIpc) is 2.86. The van der Waals surface area contributed by atoms with E-state index in [1.807, 2.05) is 24.3 Å². The molecule has 3 heteroatoms. The van der Waals surface area contributed by atoms with Crippen molar-refractivity contribution in [2.75, 3.05) is 0 Å². The maximum absolute atomic E-state index is 6.36. The van der Waals surface area contributed by atoms with Gasteiger partial charge >= 0.3 is 0 Å². The third-order valence-electron chi connectivity index (χ3n) is 3.05. The Hall–Kier alpha value is -1.35. The van der Waals surface area contributed by atoms with E-state index in [0.29, 0.717) is 0 Å². The first-order chi connectivity index (χ1) is 8.75. The first-order valence-electron chi connectivity index (χ1n) is 5.73. The third kappa shape index (κ3) is 2.03. The Morgan fingerprint density at radius 3 is 2.72 bits per heavy atom. The van der Waals surface area contributed by atoms with E-state index in [4.69, 9.17) is 17.3 Å². The van der Waals surface area contributed by atoms with Gasteiger partial charge in [-0.25, -0.2) is 0 Å². The van der Waals surface area contributed by atoms with Gasteiger partial charge in [-0.05, 0) is 40.1 Å². The zero-order valence-electron chi connectivity index (χ0n) is 9.64. The van der Waals surface area contributed by atoms with Crippen LogP contribution in [-0.2, 0) is 0 Å². The van der Waals surface area contributed by atoms with E-state index >= 15 is 0 Å². The van der Waals surface area contributed by atoms with Crippen LogP contribution >= 0.6 is 22.9 Å². The molecule has 0 aliphatic heterocycles. The van der Waals surface area contributed by atoms with Gasteiger partial charge in [-0.3, -0.25) is 0 Å². The van der Waals surface area contributed by atoms with E-state index in [2.05, 4.69) is 29.6 Å². The Labute approximate surface area is 115 Å². The third-order valence-corrected chi connectivity index (χ3v) is 4.27. The summed E-state index contributed by atoms with van der Waals surface area (Å²) < 4.78 is 1.25. The second-order valence-corrected chi connectivity index (χ2v) is 5.57. The van der Waals surface area contributed by atoms with Crippen LogP contribution in [0, 0.1) is 0 Å². The van der Waals surface area contributed by atoms with E-state index in [-0.39, 0.29) is 6.04 Å². The topological polar surface area (TPSA) is 26.0 Å². The van der Waals surface area contributed by atoms with Gasteiger partial charge in [0.1, 0.15) is 0 Å². The highest BCUT2D eigenvalue weighted by molar-refractivity contribution is 7.17. The summed E-state index contributed by atoms with van der Waals surface area (Å²) in [4.78, 5) is 0. The van der Waals surface area contributed by atoms with Crippen LogP contribution in [0.2, 0.25) is 5.02 Å². The normalized spacial score (nSPS) is 12.8. The molecule has 2 N–H and O–H groups in total. The second kappa shape index (κ2) is 4.73. The summed E-state index contributed by atoms with van der Waals surface area (Å²) in [6.45, 7) is 0. The van der Waals surface area contributed by atoms with Crippen LogP contribution in [0.5, 0.6) is 0 Å². The lowest BCUT2D eigenvalue weighted by Crippen LogP contribution is -2.11. The van der Waals surface area contributed by atoms with Gasteiger partial charge in [0.05, 0.1) is 6.04 Å². The monoisotopic (exact) mass is 273 g/mol. The molecule has 0 saturated carbocycles. The Bertz CT molecular complexity index is 690. The molecule has 1 unspecified atom stereocenters. The van der Waals surface area contributed by atoms with E-state index in [0.717, 1.165) is 16.1 Å². The van der Waals surface area contributed by atoms with Crippen molar-refractivity contribution in [1.82, 2.24) is 0 Å². The average molecular weight is 274 g/mol. The smallest absolute Gasteiger partial charge is 0.0566 e. The lowest BCUT2D eigenvalue weighted by Gasteiger charge is -2.13. The molecule has 0 bridgehead atoms. The van der Waals surface area contributed by atoms with Gasteiger partial charge < -0.3 is 5.73 Å². The Morgan fingerprint density at radius 1 is 1.06 bits per heavy atom. The zero-order valence-corrected chi connectivity index (χ0v) is 11.2. The van der Waals surface area contributed by atoms with E-state index in [1.54, 1.807) is 11.3 Å². The molecule has 1 nitrogen and oxygen atoms in total. The largest absolute Gasteiger partial charge is 0.320 e. The van der Waals surface area contributed by atoms with Crippen LogP contribution in [0.25, 0.3) is 10.1 Å². The van der Waals surface area contributed by atoms with E-state index < -0.39 is 0 Å². The summed E-state index contributed by atoms with van der Waals surface area (Å²) >= 11 is 7.75. The lowest BCUT2D eigenvalue weighted by molar-refractivity contribution is 0.882. The van der Waals surface area contributed by atoms with Gasteiger partial charge in [-0.2, -0.15) is 0 Å². The Balaban J connectivity index is 2.12. The molecule has 0 saturated heterocycles. The van der Waals surface area contributed by atoms with Crippen molar-refractivity contribution in [3.63, 3.8) is 0 Å². The van der Waals surface area contributed by atoms with Crippen molar-refractivity contribution >= 4 is 33.0 Å². The second-order valence-electron chi connectivity index (χ2n) is 4.22. The SMILES string of the molecule is NC(c1cccc(Cl)c1)c1cccc2ccsc12. The Morgan fingerprint density at radius 2 is 1.89 bits per heavy atom. The molecule has 0 aliphatic rings. The predicted molar refractivity (Wildman–Crippen MR) is 79.3 cm³/mol. The molecule has 18 heavy (non-hydrogen) atoms. The van der Waals surface area contributed by atoms with Gasteiger partial charge in [-0.1, -0.05) is 41.9 Å². The van der Waals surface area contributed by atoms with Crippen LogP contribution in [0.3, 0.4) is 0 Å². The van der Waals surface area contributed by atoms with Crippen molar-refractivity contribution in [1.29, 1.82) is 0 Å². The molecular formula is C15H12ClNS. The fourth-order valence-corrected chi connectivity index (χ4v) is 3.29. The van der Waals surface area contributed by atoms with Crippen LogP contribution in [0.4, 0.5) is 0 Å². The summed E-state index contributed by atoms with van der Waals surface area (Å²) in [5.41, 5.74) is 8.56. The summed E-state index contributed by atoms with van der Waals surface area (Å²) in [6, 6.07) is 16.0.